The van der Waals surface area contributed by atoms with Crippen LogP contribution in [0.4, 0.5) is 8.78 Å². The van der Waals surface area contributed by atoms with Crippen molar-refractivity contribution in [2.45, 2.75) is 70.2 Å². The van der Waals surface area contributed by atoms with Crippen molar-refractivity contribution in [2.75, 3.05) is 25.2 Å². The van der Waals surface area contributed by atoms with Crippen molar-refractivity contribution < 1.29 is 21.9 Å². The number of rotatable bonds is 8. The SMILES string of the molecule is C[C@H]1C[C@@]2(CCN1Cc1cn(CCCS(C)(=O)=O)nn1)OCCc1cc(CC(F)F)sc12. The number of halogens is 2. The van der Waals surface area contributed by atoms with E-state index in [4.69, 9.17) is 4.74 Å². The molecular weight excluding hydrogens is 458 g/mol. The normalized spacial score (nSPS) is 24.3. The first-order valence-corrected chi connectivity index (χ1v) is 13.9. The zero-order valence-corrected chi connectivity index (χ0v) is 20.1. The monoisotopic (exact) mass is 488 g/mol. The second-order valence-corrected chi connectivity index (χ2v) is 12.4. The molecule has 4 rings (SSSR count). The van der Waals surface area contributed by atoms with Crippen LogP contribution in [0, 0.1) is 0 Å². The largest absolute Gasteiger partial charge is 0.369 e. The van der Waals surface area contributed by atoms with Gasteiger partial charge in [-0.15, -0.1) is 16.4 Å². The summed E-state index contributed by atoms with van der Waals surface area (Å²) in [4.78, 5) is 4.24. The fraction of sp³-hybridized carbons (Fsp3) is 0.714. The number of fused-ring (bicyclic) bond motifs is 2. The first-order valence-electron chi connectivity index (χ1n) is 11.0. The van der Waals surface area contributed by atoms with Crippen molar-refractivity contribution in [1.82, 2.24) is 19.9 Å². The van der Waals surface area contributed by atoms with Gasteiger partial charge < -0.3 is 4.74 Å². The van der Waals surface area contributed by atoms with Crippen molar-refractivity contribution in [1.29, 1.82) is 0 Å². The average Bonchev–Trinajstić information content (AvgIpc) is 3.30. The van der Waals surface area contributed by atoms with Crippen molar-refractivity contribution in [3.63, 3.8) is 0 Å². The number of aryl methyl sites for hydroxylation is 1. The zero-order valence-electron chi connectivity index (χ0n) is 18.5. The molecule has 4 heterocycles. The van der Waals surface area contributed by atoms with Gasteiger partial charge in [-0.25, -0.2) is 17.2 Å². The highest BCUT2D eigenvalue weighted by Crippen LogP contribution is 2.47. The number of ether oxygens (including phenoxy) is 1. The molecule has 32 heavy (non-hydrogen) atoms. The van der Waals surface area contributed by atoms with E-state index in [0.29, 0.717) is 26.1 Å². The van der Waals surface area contributed by atoms with Crippen LogP contribution in [-0.2, 0) is 46.1 Å². The number of piperidine rings is 1. The molecule has 0 radical (unpaired) electrons. The summed E-state index contributed by atoms with van der Waals surface area (Å²) < 4.78 is 56.4. The van der Waals surface area contributed by atoms with Gasteiger partial charge in [-0.3, -0.25) is 9.58 Å². The molecule has 0 saturated carbocycles. The molecule has 7 nitrogen and oxygen atoms in total. The Morgan fingerprint density at radius 2 is 2.22 bits per heavy atom. The highest BCUT2D eigenvalue weighted by atomic mass is 32.2. The van der Waals surface area contributed by atoms with Gasteiger partial charge in [0, 0.05) is 54.3 Å². The van der Waals surface area contributed by atoms with Gasteiger partial charge in [-0.1, -0.05) is 5.21 Å². The first kappa shape index (κ1) is 23.7. The second kappa shape index (κ2) is 9.44. The summed E-state index contributed by atoms with van der Waals surface area (Å²) in [6.45, 7) is 4.81. The van der Waals surface area contributed by atoms with E-state index >= 15 is 0 Å². The molecule has 1 spiro atoms. The molecule has 2 atom stereocenters. The van der Waals surface area contributed by atoms with Crippen LogP contribution in [0.3, 0.4) is 0 Å². The summed E-state index contributed by atoms with van der Waals surface area (Å²) in [6, 6.07) is 2.20. The van der Waals surface area contributed by atoms with Gasteiger partial charge in [0.05, 0.1) is 18.1 Å². The van der Waals surface area contributed by atoms with Gasteiger partial charge >= 0.3 is 0 Å². The van der Waals surface area contributed by atoms with E-state index < -0.39 is 16.3 Å². The molecule has 2 aliphatic rings. The van der Waals surface area contributed by atoms with E-state index in [9.17, 15) is 17.2 Å². The predicted octanol–water partition coefficient (Wildman–Crippen LogP) is 3.03. The highest BCUT2D eigenvalue weighted by Gasteiger charge is 2.45. The molecular formula is C21H30F2N4O3S2. The Kier molecular flexibility index (Phi) is 7.00. The van der Waals surface area contributed by atoms with E-state index in [-0.39, 0.29) is 23.8 Å². The molecule has 0 bridgehead atoms. The molecule has 11 heteroatoms. The lowest BCUT2D eigenvalue weighted by Crippen LogP contribution is -2.50. The Balaban J connectivity index is 1.38. The lowest BCUT2D eigenvalue weighted by molar-refractivity contribution is -0.110. The molecule has 0 aliphatic carbocycles. The summed E-state index contributed by atoms with van der Waals surface area (Å²) in [5, 5.41) is 8.38. The molecule has 2 aromatic rings. The Morgan fingerprint density at radius 3 is 2.94 bits per heavy atom. The van der Waals surface area contributed by atoms with Crippen LogP contribution >= 0.6 is 11.3 Å². The number of aromatic nitrogens is 3. The quantitative estimate of drug-likeness (QED) is 0.569. The van der Waals surface area contributed by atoms with Crippen molar-refractivity contribution >= 4 is 21.2 Å². The summed E-state index contributed by atoms with van der Waals surface area (Å²) in [6.07, 6.45) is 3.54. The summed E-state index contributed by atoms with van der Waals surface area (Å²) in [5.41, 5.74) is 1.65. The van der Waals surface area contributed by atoms with Gasteiger partial charge in [0.1, 0.15) is 15.4 Å². The van der Waals surface area contributed by atoms with Gasteiger partial charge in [0.2, 0.25) is 6.43 Å². The van der Waals surface area contributed by atoms with E-state index in [1.54, 1.807) is 4.68 Å². The number of hydrogen-bond donors (Lipinski definition) is 0. The number of hydrogen-bond acceptors (Lipinski definition) is 7. The second-order valence-electron chi connectivity index (χ2n) is 8.99. The number of likely N-dealkylation sites (tertiary alicyclic amines) is 1. The van der Waals surface area contributed by atoms with Gasteiger partial charge in [-0.05, 0) is 44.2 Å². The number of thiophene rings is 1. The van der Waals surface area contributed by atoms with Crippen molar-refractivity contribution in [3.05, 3.63) is 33.3 Å². The predicted molar refractivity (Wildman–Crippen MR) is 119 cm³/mol. The Bertz CT molecular complexity index is 1040. The molecule has 0 unspecified atom stereocenters. The number of alkyl halides is 2. The van der Waals surface area contributed by atoms with Crippen LogP contribution in [-0.4, -0.2) is 65.9 Å². The highest BCUT2D eigenvalue weighted by molar-refractivity contribution is 7.90. The molecule has 0 N–H and O–H groups in total. The van der Waals surface area contributed by atoms with Gasteiger partial charge in [-0.2, -0.15) is 0 Å². The van der Waals surface area contributed by atoms with E-state index in [2.05, 4.69) is 22.1 Å². The van der Waals surface area contributed by atoms with Crippen LogP contribution < -0.4 is 0 Å². The Hall–Kier alpha value is -1.43. The topological polar surface area (TPSA) is 77.3 Å². The molecule has 0 amide bonds. The van der Waals surface area contributed by atoms with Crippen molar-refractivity contribution in [2.24, 2.45) is 0 Å². The van der Waals surface area contributed by atoms with Gasteiger partial charge in [0.25, 0.3) is 0 Å². The molecule has 1 fully saturated rings. The third-order valence-corrected chi connectivity index (χ3v) is 8.70. The summed E-state index contributed by atoms with van der Waals surface area (Å²) >= 11 is 1.50. The van der Waals surface area contributed by atoms with Crippen LogP contribution in [0.5, 0.6) is 0 Å². The minimum atomic E-state index is -2.97. The first-order chi connectivity index (χ1) is 15.1. The van der Waals surface area contributed by atoms with Crippen LogP contribution in [0.15, 0.2) is 12.3 Å². The van der Waals surface area contributed by atoms with Crippen LogP contribution in [0.25, 0.3) is 0 Å². The number of nitrogens with zero attached hydrogens (tertiary/aromatic N) is 4. The molecule has 2 aliphatic heterocycles. The van der Waals surface area contributed by atoms with E-state index in [1.807, 2.05) is 12.3 Å². The minimum Gasteiger partial charge on any atom is -0.369 e. The van der Waals surface area contributed by atoms with E-state index in [1.165, 1.54) is 23.2 Å². The third-order valence-electron chi connectivity index (χ3n) is 6.28. The van der Waals surface area contributed by atoms with Crippen molar-refractivity contribution in [3.8, 4) is 0 Å². The number of sulfone groups is 1. The standard InChI is InChI=1S/C21H30F2N4O3S2/c1-15-12-21(20-16(4-8-30-21)10-18(31-20)11-19(22)23)5-7-26(15)13-17-14-27(25-24-17)6-3-9-32(2,28)29/h10,14-15,19H,3-9,11-13H2,1-2H3/t15-,21+/m0/s1. The van der Waals surface area contributed by atoms with Crippen LogP contribution in [0.1, 0.15) is 47.2 Å². The fourth-order valence-electron chi connectivity index (χ4n) is 4.77. The summed E-state index contributed by atoms with van der Waals surface area (Å²) in [5.74, 6) is 0.136. The zero-order chi connectivity index (χ0) is 22.9. The van der Waals surface area contributed by atoms with Crippen LogP contribution in [0.2, 0.25) is 0 Å². The maximum absolute atomic E-state index is 12.9. The maximum Gasteiger partial charge on any atom is 0.243 e. The Morgan fingerprint density at radius 1 is 1.41 bits per heavy atom. The average molecular weight is 489 g/mol. The lowest BCUT2D eigenvalue weighted by atomic mass is 9.82. The molecule has 178 valence electrons. The van der Waals surface area contributed by atoms with E-state index in [0.717, 1.165) is 41.3 Å². The molecule has 0 aromatic carbocycles. The molecule has 1 saturated heterocycles. The Labute approximate surface area is 191 Å². The lowest BCUT2D eigenvalue weighted by Gasteiger charge is -2.46. The third kappa shape index (κ3) is 5.55. The minimum absolute atomic E-state index is 0.136. The maximum atomic E-state index is 12.9. The fourth-order valence-corrected chi connectivity index (χ4v) is 6.82. The van der Waals surface area contributed by atoms with Gasteiger partial charge in [0.15, 0.2) is 0 Å². The molecule has 2 aromatic heterocycles. The summed E-state index contributed by atoms with van der Waals surface area (Å²) in [7, 11) is -2.97. The smallest absolute Gasteiger partial charge is 0.243 e.